The fourth-order valence-corrected chi connectivity index (χ4v) is 4.76. The molecule has 164 valence electrons. The maximum absolute atomic E-state index is 14.1. The predicted octanol–water partition coefficient (Wildman–Crippen LogP) is 3.95. The van der Waals surface area contributed by atoms with Crippen molar-refractivity contribution >= 4 is 11.9 Å². The number of benzene rings is 1. The average molecular weight is 432 g/mol. The zero-order chi connectivity index (χ0) is 22.4. The van der Waals surface area contributed by atoms with E-state index < -0.39 is 0 Å². The number of pyridine rings is 1. The topological polar surface area (TPSA) is 62.2 Å². The van der Waals surface area contributed by atoms with E-state index in [-0.39, 0.29) is 17.8 Å². The number of nitrogens with zero attached hydrogens (tertiary/aromatic N) is 5. The number of piperidine rings is 1. The summed E-state index contributed by atoms with van der Waals surface area (Å²) in [5.41, 5.74) is 4.51. The SMILES string of the molecule is Cc1ccc(-c2cc(F)ccc2C(=O)N2CC[C@H]3CN(c4nc(C)cc(C)n4)[C@H]3C2)nc1. The Kier molecular flexibility index (Phi) is 5.12. The third kappa shape index (κ3) is 3.72. The van der Waals surface area contributed by atoms with Gasteiger partial charge in [-0.25, -0.2) is 14.4 Å². The van der Waals surface area contributed by atoms with Crippen LogP contribution in [-0.4, -0.2) is 51.4 Å². The van der Waals surface area contributed by atoms with Crippen molar-refractivity contribution in [2.24, 2.45) is 5.92 Å². The normalized spacial score (nSPS) is 20.0. The third-order valence-corrected chi connectivity index (χ3v) is 6.47. The first kappa shape index (κ1) is 20.5. The lowest BCUT2D eigenvalue weighted by molar-refractivity contribution is 0.0590. The van der Waals surface area contributed by atoms with Crippen LogP contribution in [0.1, 0.15) is 33.7 Å². The van der Waals surface area contributed by atoms with E-state index in [0.717, 1.165) is 35.9 Å². The summed E-state index contributed by atoms with van der Waals surface area (Å²) in [5, 5.41) is 0. The third-order valence-electron chi connectivity index (χ3n) is 6.47. The number of anilines is 1. The molecule has 0 unspecified atom stereocenters. The van der Waals surface area contributed by atoms with Crippen LogP contribution >= 0.6 is 0 Å². The lowest BCUT2D eigenvalue weighted by Gasteiger charge is -2.53. The van der Waals surface area contributed by atoms with Crippen LogP contribution in [-0.2, 0) is 0 Å². The lowest BCUT2D eigenvalue weighted by atomic mass is 9.82. The van der Waals surface area contributed by atoms with Gasteiger partial charge in [0.15, 0.2) is 0 Å². The number of aryl methyl sites for hydroxylation is 3. The molecule has 0 spiro atoms. The number of hydrogen-bond acceptors (Lipinski definition) is 5. The number of hydrogen-bond donors (Lipinski definition) is 0. The van der Waals surface area contributed by atoms with Crippen molar-refractivity contribution in [1.82, 2.24) is 19.9 Å². The molecule has 0 saturated carbocycles. The first-order chi connectivity index (χ1) is 15.4. The van der Waals surface area contributed by atoms with Gasteiger partial charge in [-0.3, -0.25) is 9.78 Å². The van der Waals surface area contributed by atoms with Crippen molar-refractivity contribution in [2.45, 2.75) is 33.2 Å². The molecule has 0 radical (unpaired) electrons. The van der Waals surface area contributed by atoms with Gasteiger partial charge in [0.2, 0.25) is 5.95 Å². The van der Waals surface area contributed by atoms with Crippen LogP contribution in [0.2, 0.25) is 0 Å². The number of carbonyl (C=O) groups excluding carboxylic acids is 1. The van der Waals surface area contributed by atoms with Gasteiger partial charge in [0, 0.05) is 54.3 Å². The molecule has 1 amide bonds. The molecule has 4 heterocycles. The highest BCUT2D eigenvalue weighted by atomic mass is 19.1. The van der Waals surface area contributed by atoms with E-state index in [1.165, 1.54) is 12.1 Å². The van der Waals surface area contributed by atoms with Crippen molar-refractivity contribution < 1.29 is 9.18 Å². The van der Waals surface area contributed by atoms with Crippen LogP contribution in [0.25, 0.3) is 11.3 Å². The minimum absolute atomic E-state index is 0.0889. The van der Waals surface area contributed by atoms with Gasteiger partial charge in [-0.2, -0.15) is 0 Å². The molecule has 0 N–H and O–H groups in total. The molecule has 6 nitrogen and oxygen atoms in total. The molecule has 5 rings (SSSR count). The lowest BCUT2D eigenvalue weighted by Crippen LogP contribution is -2.65. The Morgan fingerprint density at radius 1 is 1.03 bits per heavy atom. The van der Waals surface area contributed by atoms with E-state index in [4.69, 9.17) is 0 Å². The maximum atomic E-state index is 14.1. The van der Waals surface area contributed by atoms with Gasteiger partial charge in [-0.1, -0.05) is 6.07 Å². The first-order valence-corrected chi connectivity index (χ1v) is 11.0. The Bertz CT molecular complexity index is 1160. The molecule has 7 heteroatoms. The fraction of sp³-hybridized carbons (Fsp3) is 0.360. The standard InChI is InChI=1S/C25H26FN5O/c1-15-4-7-22(27-12-15)21-11-19(26)5-6-20(21)24(32)30-9-8-18-13-31(23(18)14-30)25-28-16(2)10-17(3)29-25/h4-7,10-12,18,23H,8-9,13-14H2,1-3H3/t18-,23-/m0/s1. The average Bonchev–Trinajstić information content (AvgIpc) is 2.74. The Balaban J connectivity index is 1.40. The van der Waals surface area contributed by atoms with Gasteiger partial charge in [-0.15, -0.1) is 0 Å². The summed E-state index contributed by atoms with van der Waals surface area (Å²) >= 11 is 0. The van der Waals surface area contributed by atoms with E-state index in [0.29, 0.717) is 35.8 Å². The molecule has 32 heavy (non-hydrogen) atoms. The number of carbonyl (C=O) groups is 1. The summed E-state index contributed by atoms with van der Waals surface area (Å²) in [6.45, 7) is 8.12. The second kappa shape index (κ2) is 7.97. The Labute approximate surface area is 187 Å². The van der Waals surface area contributed by atoms with Crippen LogP contribution in [0.5, 0.6) is 0 Å². The van der Waals surface area contributed by atoms with Crippen LogP contribution in [0.4, 0.5) is 10.3 Å². The monoisotopic (exact) mass is 431 g/mol. The highest BCUT2D eigenvalue weighted by molar-refractivity contribution is 6.00. The Morgan fingerprint density at radius 2 is 1.81 bits per heavy atom. The molecular formula is C25H26FN5O. The van der Waals surface area contributed by atoms with Gasteiger partial charge in [0.1, 0.15) is 5.82 Å². The van der Waals surface area contributed by atoms with Crippen molar-refractivity contribution in [3.63, 3.8) is 0 Å². The summed E-state index contributed by atoms with van der Waals surface area (Å²) in [5.74, 6) is 0.808. The predicted molar refractivity (Wildman–Crippen MR) is 121 cm³/mol. The molecule has 2 atom stereocenters. The fourth-order valence-electron chi connectivity index (χ4n) is 4.76. The molecule has 2 aliphatic heterocycles. The van der Waals surface area contributed by atoms with Crippen molar-refractivity contribution in [3.05, 3.63) is 70.9 Å². The number of likely N-dealkylation sites (tertiary alicyclic amines) is 1. The second-order valence-electron chi connectivity index (χ2n) is 8.88. The zero-order valence-corrected chi connectivity index (χ0v) is 18.5. The van der Waals surface area contributed by atoms with E-state index in [1.807, 2.05) is 43.9 Å². The molecule has 2 aromatic heterocycles. The van der Waals surface area contributed by atoms with Gasteiger partial charge in [0.25, 0.3) is 5.91 Å². The van der Waals surface area contributed by atoms with E-state index in [9.17, 15) is 9.18 Å². The minimum atomic E-state index is -0.380. The summed E-state index contributed by atoms with van der Waals surface area (Å²) in [6.07, 6.45) is 2.67. The maximum Gasteiger partial charge on any atom is 0.254 e. The summed E-state index contributed by atoms with van der Waals surface area (Å²) in [7, 11) is 0. The van der Waals surface area contributed by atoms with Crippen LogP contribution < -0.4 is 4.90 Å². The molecular weight excluding hydrogens is 405 g/mol. The molecule has 0 aliphatic carbocycles. The Morgan fingerprint density at radius 3 is 2.53 bits per heavy atom. The highest BCUT2D eigenvalue weighted by Crippen LogP contribution is 2.36. The van der Waals surface area contributed by atoms with E-state index >= 15 is 0 Å². The number of aromatic nitrogens is 3. The van der Waals surface area contributed by atoms with E-state index in [2.05, 4.69) is 19.9 Å². The molecule has 2 aliphatic rings. The molecule has 2 saturated heterocycles. The van der Waals surface area contributed by atoms with Crippen LogP contribution in [0.3, 0.4) is 0 Å². The van der Waals surface area contributed by atoms with Crippen molar-refractivity contribution in [3.8, 4) is 11.3 Å². The summed E-state index contributed by atoms with van der Waals surface area (Å²) in [4.78, 5) is 31.2. The molecule has 2 fully saturated rings. The van der Waals surface area contributed by atoms with Crippen molar-refractivity contribution in [2.75, 3.05) is 24.5 Å². The number of fused-ring (bicyclic) bond motifs is 1. The summed E-state index contributed by atoms with van der Waals surface area (Å²) in [6, 6.07) is 10.2. The number of rotatable bonds is 3. The van der Waals surface area contributed by atoms with Crippen LogP contribution in [0, 0.1) is 32.5 Å². The largest absolute Gasteiger partial charge is 0.337 e. The summed E-state index contributed by atoms with van der Waals surface area (Å²) < 4.78 is 14.1. The Hall–Kier alpha value is -3.35. The van der Waals surface area contributed by atoms with Gasteiger partial charge < -0.3 is 9.80 Å². The number of halogens is 1. The molecule has 0 bridgehead atoms. The molecule has 1 aromatic carbocycles. The zero-order valence-electron chi connectivity index (χ0n) is 18.5. The minimum Gasteiger partial charge on any atom is -0.337 e. The van der Waals surface area contributed by atoms with Crippen molar-refractivity contribution in [1.29, 1.82) is 0 Å². The smallest absolute Gasteiger partial charge is 0.254 e. The highest BCUT2D eigenvalue weighted by Gasteiger charge is 2.45. The van der Waals surface area contributed by atoms with Gasteiger partial charge >= 0.3 is 0 Å². The molecule has 3 aromatic rings. The first-order valence-electron chi connectivity index (χ1n) is 11.0. The van der Waals surface area contributed by atoms with Gasteiger partial charge in [0.05, 0.1) is 11.7 Å². The number of amides is 1. The van der Waals surface area contributed by atoms with E-state index in [1.54, 1.807) is 12.3 Å². The quantitative estimate of drug-likeness (QED) is 0.628. The second-order valence-corrected chi connectivity index (χ2v) is 8.88. The van der Waals surface area contributed by atoms with Gasteiger partial charge in [-0.05, 0) is 63.1 Å². The van der Waals surface area contributed by atoms with Crippen LogP contribution in [0.15, 0.2) is 42.6 Å².